The van der Waals surface area contributed by atoms with Crippen molar-refractivity contribution in [2.75, 3.05) is 26.3 Å². The average Bonchev–Trinajstić information content (AvgIpc) is 2.41. The van der Waals surface area contributed by atoms with Crippen LogP contribution in [0.4, 0.5) is 0 Å². The van der Waals surface area contributed by atoms with Crippen molar-refractivity contribution < 1.29 is 9.53 Å². The maximum Gasteiger partial charge on any atom is 0.145 e. The van der Waals surface area contributed by atoms with Gasteiger partial charge in [-0.2, -0.15) is 0 Å². The first-order chi connectivity index (χ1) is 4.93. The van der Waals surface area contributed by atoms with E-state index in [0.29, 0.717) is 5.92 Å². The van der Waals surface area contributed by atoms with E-state index in [4.69, 9.17) is 4.74 Å². The molecule has 1 unspecified atom stereocenters. The van der Waals surface area contributed by atoms with Crippen LogP contribution >= 0.6 is 0 Å². The summed E-state index contributed by atoms with van der Waals surface area (Å²) < 4.78 is 5.06. The molecule has 1 rings (SSSR count). The van der Waals surface area contributed by atoms with Crippen LogP contribution in [-0.2, 0) is 9.53 Å². The Morgan fingerprint density at radius 3 is 3.20 bits per heavy atom. The lowest BCUT2D eigenvalue weighted by Gasteiger charge is -2.05. The zero-order valence-electron chi connectivity index (χ0n) is 6.01. The summed E-state index contributed by atoms with van der Waals surface area (Å²) in [5.41, 5.74) is 0. The minimum Gasteiger partial charge on any atom is -0.374 e. The minimum atomic E-state index is 0.247. The molecule has 10 heavy (non-hydrogen) atoms. The van der Waals surface area contributed by atoms with Gasteiger partial charge >= 0.3 is 0 Å². The van der Waals surface area contributed by atoms with E-state index in [0.717, 1.165) is 26.0 Å². The van der Waals surface area contributed by atoms with Crippen molar-refractivity contribution >= 4 is 6.29 Å². The lowest BCUT2D eigenvalue weighted by atomic mass is 10.1. The van der Waals surface area contributed by atoms with Gasteiger partial charge < -0.3 is 14.8 Å². The maximum atomic E-state index is 9.84. The Morgan fingerprint density at radius 1 is 1.70 bits per heavy atom. The molecule has 1 aliphatic heterocycles. The van der Waals surface area contributed by atoms with Crippen molar-refractivity contribution in [3.8, 4) is 0 Å². The number of hydrogen-bond acceptors (Lipinski definition) is 3. The number of carbonyl (C=O) groups is 1. The molecular formula is C7H13NO2. The molecule has 0 bridgehead atoms. The summed E-state index contributed by atoms with van der Waals surface area (Å²) in [5.74, 6) is 0.625. The number of carbonyl (C=O) groups excluding carboxylic acids is 1. The second kappa shape index (κ2) is 4.41. The van der Waals surface area contributed by atoms with Gasteiger partial charge in [0, 0.05) is 6.54 Å². The fourth-order valence-electron chi connectivity index (χ4n) is 1.14. The molecule has 3 heteroatoms. The standard InChI is InChI=1S/C7H13NO2/c9-3-4-10-6-7-1-2-8-5-7/h3,7-8H,1-2,4-6H2. The number of nitrogens with one attached hydrogen (secondary N) is 1. The molecule has 0 aromatic heterocycles. The first kappa shape index (κ1) is 7.69. The smallest absolute Gasteiger partial charge is 0.145 e. The van der Waals surface area contributed by atoms with E-state index in [9.17, 15) is 4.79 Å². The number of hydrogen-bond donors (Lipinski definition) is 1. The monoisotopic (exact) mass is 143 g/mol. The first-order valence-corrected chi connectivity index (χ1v) is 3.65. The summed E-state index contributed by atoms with van der Waals surface area (Å²) in [6.45, 7) is 3.11. The summed E-state index contributed by atoms with van der Waals surface area (Å²) in [5, 5.41) is 3.23. The van der Waals surface area contributed by atoms with Gasteiger partial charge in [0.05, 0.1) is 6.61 Å². The number of rotatable bonds is 4. The highest BCUT2D eigenvalue weighted by Gasteiger charge is 2.13. The molecule has 1 aliphatic rings. The topological polar surface area (TPSA) is 38.3 Å². The zero-order valence-corrected chi connectivity index (χ0v) is 6.01. The lowest BCUT2D eigenvalue weighted by Crippen LogP contribution is -2.14. The first-order valence-electron chi connectivity index (χ1n) is 3.65. The molecule has 0 aliphatic carbocycles. The van der Waals surface area contributed by atoms with Crippen LogP contribution in [0, 0.1) is 5.92 Å². The van der Waals surface area contributed by atoms with Gasteiger partial charge in [0.15, 0.2) is 0 Å². The predicted molar refractivity (Wildman–Crippen MR) is 37.9 cm³/mol. The van der Waals surface area contributed by atoms with Gasteiger partial charge in [0.2, 0.25) is 0 Å². The van der Waals surface area contributed by atoms with Crippen molar-refractivity contribution in [2.24, 2.45) is 5.92 Å². The van der Waals surface area contributed by atoms with Crippen molar-refractivity contribution in [1.29, 1.82) is 0 Å². The second-order valence-electron chi connectivity index (χ2n) is 2.56. The maximum absolute atomic E-state index is 9.84. The second-order valence-corrected chi connectivity index (χ2v) is 2.56. The zero-order chi connectivity index (χ0) is 7.23. The Bertz CT molecular complexity index is 99.8. The van der Waals surface area contributed by atoms with Crippen LogP contribution in [0.5, 0.6) is 0 Å². The molecule has 3 nitrogen and oxygen atoms in total. The fraction of sp³-hybridized carbons (Fsp3) is 0.857. The van der Waals surface area contributed by atoms with Gasteiger partial charge in [-0.1, -0.05) is 0 Å². The average molecular weight is 143 g/mol. The van der Waals surface area contributed by atoms with Gasteiger partial charge in [0.1, 0.15) is 12.9 Å². The van der Waals surface area contributed by atoms with Gasteiger partial charge in [-0.3, -0.25) is 0 Å². The third kappa shape index (κ3) is 2.45. The molecule has 0 spiro atoms. The lowest BCUT2D eigenvalue weighted by molar-refractivity contribution is -0.112. The van der Waals surface area contributed by atoms with Crippen LogP contribution in [0.3, 0.4) is 0 Å². The van der Waals surface area contributed by atoms with Crippen molar-refractivity contribution in [3.05, 3.63) is 0 Å². The van der Waals surface area contributed by atoms with Crippen molar-refractivity contribution in [2.45, 2.75) is 6.42 Å². The summed E-state index contributed by atoms with van der Waals surface area (Å²) in [6, 6.07) is 0. The van der Waals surface area contributed by atoms with E-state index in [2.05, 4.69) is 5.32 Å². The van der Waals surface area contributed by atoms with Crippen molar-refractivity contribution in [1.82, 2.24) is 5.32 Å². The fourth-order valence-corrected chi connectivity index (χ4v) is 1.14. The van der Waals surface area contributed by atoms with Crippen molar-refractivity contribution in [3.63, 3.8) is 0 Å². The number of aldehydes is 1. The predicted octanol–water partition coefficient (Wildman–Crippen LogP) is -0.189. The van der Waals surface area contributed by atoms with Gasteiger partial charge in [0.25, 0.3) is 0 Å². The molecule has 0 radical (unpaired) electrons. The van der Waals surface area contributed by atoms with Gasteiger partial charge in [-0.15, -0.1) is 0 Å². The summed E-state index contributed by atoms with van der Waals surface area (Å²) in [7, 11) is 0. The summed E-state index contributed by atoms with van der Waals surface area (Å²) >= 11 is 0. The minimum absolute atomic E-state index is 0.247. The SMILES string of the molecule is O=CCOCC1CCNC1. The number of ether oxygens (including phenoxy) is 1. The quantitative estimate of drug-likeness (QED) is 0.438. The van der Waals surface area contributed by atoms with Crippen LogP contribution in [0.15, 0.2) is 0 Å². The molecule has 0 saturated carbocycles. The molecule has 1 saturated heterocycles. The van der Waals surface area contributed by atoms with Crippen LogP contribution in [0.25, 0.3) is 0 Å². The molecule has 1 atom stereocenters. The van der Waals surface area contributed by atoms with E-state index in [1.54, 1.807) is 0 Å². The molecule has 58 valence electrons. The molecule has 0 amide bonds. The van der Waals surface area contributed by atoms with Crippen LogP contribution < -0.4 is 5.32 Å². The largest absolute Gasteiger partial charge is 0.374 e. The highest BCUT2D eigenvalue weighted by atomic mass is 16.5. The summed E-state index contributed by atoms with van der Waals surface area (Å²) in [6.07, 6.45) is 1.97. The van der Waals surface area contributed by atoms with E-state index < -0.39 is 0 Å². The Balaban J connectivity index is 1.96. The van der Waals surface area contributed by atoms with E-state index in [-0.39, 0.29) is 6.61 Å². The Morgan fingerprint density at radius 2 is 2.60 bits per heavy atom. The molecule has 0 aromatic rings. The third-order valence-electron chi connectivity index (χ3n) is 1.70. The highest BCUT2D eigenvalue weighted by molar-refractivity contribution is 5.50. The summed E-state index contributed by atoms with van der Waals surface area (Å²) in [4.78, 5) is 9.84. The normalized spacial score (nSPS) is 25.0. The Kier molecular flexibility index (Phi) is 3.40. The molecule has 1 N–H and O–H groups in total. The van der Waals surface area contributed by atoms with Gasteiger partial charge in [-0.25, -0.2) is 0 Å². The highest BCUT2D eigenvalue weighted by Crippen LogP contribution is 2.06. The van der Waals surface area contributed by atoms with E-state index in [1.165, 1.54) is 6.42 Å². The van der Waals surface area contributed by atoms with E-state index in [1.807, 2.05) is 0 Å². The molecular weight excluding hydrogens is 130 g/mol. The van der Waals surface area contributed by atoms with Crippen LogP contribution in [0.1, 0.15) is 6.42 Å². The van der Waals surface area contributed by atoms with E-state index >= 15 is 0 Å². The van der Waals surface area contributed by atoms with Crippen LogP contribution in [-0.4, -0.2) is 32.6 Å². The Labute approximate surface area is 60.7 Å². The third-order valence-corrected chi connectivity index (χ3v) is 1.70. The van der Waals surface area contributed by atoms with Gasteiger partial charge in [-0.05, 0) is 18.9 Å². The molecule has 0 aromatic carbocycles. The van der Waals surface area contributed by atoms with Crippen LogP contribution in [0.2, 0.25) is 0 Å². The Hall–Kier alpha value is -0.410. The molecule has 1 fully saturated rings. The molecule has 1 heterocycles.